The van der Waals surface area contributed by atoms with E-state index >= 15 is 0 Å². The molecule has 0 atom stereocenters. The van der Waals surface area contributed by atoms with Crippen LogP contribution in [0.4, 0.5) is 11.5 Å². The molecule has 0 unspecified atom stereocenters. The van der Waals surface area contributed by atoms with E-state index in [-0.39, 0.29) is 11.8 Å². The molecule has 0 aliphatic carbocycles. The fraction of sp³-hybridized carbons (Fsp3) is 0.267. The Bertz CT molecular complexity index is 612. The summed E-state index contributed by atoms with van der Waals surface area (Å²) in [6.07, 6.45) is 3.02. The van der Waals surface area contributed by atoms with Crippen LogP contribution in [0.3, 0.4) is 0 Å². The zero-order chi connectivity index (χ0) is 15.2. The normalized spacial score (nSPS) is 10.3. The van der Waals surface area contributed by atoms with Crippen LogP contribution in [0, 0.1) is 0 Å². The lowest BCUT2D eigenvalue weighted by Crippen LogP contribution is -2.07. The van der Waals surface area contributed by atoms with Gasteiger partial charge < -0.3 is 14.8 Å². The minimum absolute atomic E-state index is 0.131. The van der Waals surface area contributed by atoms with Gasteiger partial charge in [0.05, 0.1) is 25.6 Å². The summed E-state index contributed by atoms with van der Waals surface area (Å²) >= 11 is 0. The van der Waals surface area contributed by atoms with Crippen LogP contribution in [0.25, 0.3) is 0 Å². The summed E-state index contributed by atoms with van der Waals surface area (Å²) in [7, 11) is 1.30. The Hall–Kier alpha value is -2.63. The van der Waals surface area contributed by atoms with E-state index in [4.69, 9.17) is 4.74 Å². The van der Waals surface area contributed by atoms with Crippen molar-refractivity contribution < 1.29 is 14.3 Å². The molecule has 6 heteroatoms. The van der Waals surface area contributed by atoms with Gasteiger partial charge >= 0.3 is 5.97 Å². The summed E-state index contributed by atoms with van der Waals surface area (Å²) in [6, 6.07) is 7.45. The number of nitrogens with zero attached hydrogens (tertiary/aromatic N) is 2. The average Bonchev–Trinajstić information content (AvgIpc) is 2.48. The fourth-order valence-electron chi connectivity index (χ4n) is 1.67. The Balaban J connectivity index is 2.09. The van der Waals surface area contributed by atoms with Gasteiger partial charge in [0, 0.05) is 5.69 Å². The van der Waals surface area contributed by atoms with Gasteiger partial charge in [-0.1, -0.05) is 0 Å². The highest BCUT2D eigenvalue weighted by atomic mass is 16.5. The third-order valence-electron chi connectivity index (χ3n) is 2.53. The van der Waals surface area contributed by atoms with Gasteiger partial charge in [-0.05, 0) is 38.1 Å². The zero-order valence-corrected chi connectivity index (χ0v) is 12.2. The van der Waals surface area contributed by atoms with Crippen LogP contribution in [-0.2, 0) is 4.74 Å². The van der Waals surface area contributed by atoms with Crippen molar-refractivity contribution in [1.29, 1.82) is 0 Å². The van der Waals surface area contributed by atoms with Crippen LogP contribution in [0.5, 0.6) is 5.75 Å². The highest BCUT2D eigenvalue weighted by Crippen LogP contribution is 2.19. The Morgan fingerprint density at radius 2 is 1.90 bits per heavy atom. The second-order valence-corrected chi connectivity index (χ2v) is 4.60. The van der Waals surface area contributed by atoms with Crippen molar-refractivity contribution in [2.24, 2.45) is 0 Å². The number of ether oxygens (including phenoxy) is 2. The first-order chi connectivity index (χ1) is 10.1. The van der Waals surface area contributed by atoms with E-state index in [0.717, 1.165) is 11.4 Å². The van der Waals surface area contributed by atoms with Gasteiger partial charge in [0.1, 0.15) is 11.6 Å². The van der Waals surface area contributed by atoms with Gasteiger partial charge in [-0.2, -0.15) is 0 Å². The first-order valence-corrected chi connectivity index (χ1v) is 6.52. The largest absolute Gasteiger partial charge is 0.491 e. The summed E-state index contributed by atoms with van der Waals surface area (Å²) in [5.41, 5.74) is 0.977. The Kier molecular flexibility index (Phi) is 4.71. The SMILES string of the molecule is COC(=O)c1cncc(Nc2ccc(OC(C)C)cc2)n1. The molecule has 1 N–H and O–H groups in total. The van der Waals surface area contributed by atoms with Crippen LogP contribution in [-0.4, -0.2) is 29.2 Å². The molecule has 0 fully saturated rings. The third kappa shape index (κ3) is 4.17. The van der Waals surface area contributed by atoms with Crippen molar-refractivity contribution in [2.75, 3.05) is 12.4 Å². The second-order valence-electron chi connectivity index (χ2n) is 4.60. The molecule has 0 amide bonds. The molecule has 1 aromatic heterocycles. The third-order valence-corrected chi connectivity index (χ3v) is 2.53. The van der Waals surface area contributed by atoms with Crippen LogP contribution in [0.2, 0.25) is 0 Å². The van der Waals surface area contributed by atoms with Crippen molar-refractivity contribution in [2.45, 2.75) is 20.0 Å². The zero-order valence-electron chi connectivity index (χ0n) is 12.2. The molecular formula is C15H17N3O3. The Morgan fingerprint density at radius 1 is 1.19 bits per heavy atom. The lowest BCUT2D eigenvalue weighted by Gasteiger charge is -2.11. The number of carbonyl (C=O) groups is 1. The predicted octanol–water partition coefficient (Wildman–Crippen LogP) is 2.79. The number of nitrogens with one attached hydrogen (secondary N) is 1. The standard InChI is InChI=1S/C15H17N3O3/c1-10(2)21-12-6-4-11(5-7-12)17-14-9-16-8-13(18-14)15(19)20-3/h4-10H,1-3H3,(H,17,18). The van der Waals surface area contributed by atoms with Crippen LogP contribution >= 0.6 is 0 Å². The first-order valence-electron chi connectivity index (χ1n) is 6.52. The Labute approximate surface area is 123 Å². The number of carbonyl (C=O) groups excluding carboxylic acids is 1. The highest BCUT2D eigenvalue weighted by molar-refractivity contribution is 5.87. The number of methoxy groups -OCH3 is 1. The molecule has 0 spiro atoms. The van der Waals surface area contributed by atoms with Crippen molar-refractivity contribution >= 4 is 17.5 Å². The molecule has 2 rings (SSSR count). The van der Waals surface area contributed by atoms with Crippen LogP contribution in [0.1, 0.15) is 24.3 Å². The van der Waals surface area contributed by atoms with Gasteiger partial charge in [-0.3, -0.25) is 4.98 Å². The highest BCUT2D eigenvalue weighted by Gasteiger charge is 2.08. The average molecular weight is 287 g/mol. The van der Waals surface area contributed by atoms with Gasteiger partial charge in [-0.25, -0.2) is 9.78 Å². The maximum absolute atomic E-state index is 11.4. The summed E-state index contributed by atoms with van der Waals surface area (Å²) in [5.74, 6) is 0.743. The molecule has 0 saturated heterocycles. The number of anilines is 2. The maximum Gasteiger partial charge on any atom is 0.358 e. The van der Waals surface area contributed by atoms with E-state index in [9.17, 15) is 4.79 Å². The van der Waals surface area contributed by atoms with Crippen LogP contribution < -0.4 is 10.1 Å². The number of benzene rings is 1. The quantitative estimate of drug-likeness (QED) is 0.852. The van der Waals surface area contributed by atoms with Gasteiger partial charge in [0.15, 0.2) is 5.69 Å². The van der Waals surface area contributed by atoms with E-state index < -0.39 is 5.97 Å². The van der Waals surface area contributed by atoms with E-state index in [1.807, 2.05) is 38.1 Å². The molecule has 1 heterocycles. The predicted molar refractivity (Wildman–Crippen MR) is 78.9 cm³/mol. The Morgan fingerprint density at radius 3 is 2.52 bits per heavy atom. The maximum atomic E-state index is 11.4. The molecule has 1 aromatic carbocycles. The summed E-state index contributed by atoms with van der Waals surface area (Å²) in [4.78, 5) is 19.5. The molecule has 2 aromatic rings. The summed E-state index contributed by atoms with van der Waals surface area (Å²) in [5, 5.41) is 3.07. The topological polar surface area (TPSA) is 73.3 Å². The smallest absolute Gasteiger partial charge is 0.358 e. The lowest BCUT2D eigenvalue weighted by molar-refractivity contribution is 0.0593. The molecule has 110 valence electrons. The van der Waals surface area contributed by atoms with Crippen molar-refractivity contribution in [1.82, 2.24) is 9.97 Å². The number of aromatic nitrogens is 2. The molecule has 21 heavy (non-hydrogen) atoms. The van der Waals surface area contributed by atoms with Crippen molar-refractivity contribution in [3.05, 3.63) is 42.4 Å². The minimum Gasteiger partial charge on any atom is -0.491 e. The van der Waals surface area contributed by atoms with Crippen molar-refractivity contribution in [3.63, 3.8) is 0 Å². The number of hydrogen-bond donors (Lipinski definition) is 1. The molecule has 0 saturated carbocycles. The summed E-state index contributed by atoms with van der Waals surface area (Å²) < 4.78 is 10.2. The molecule has 0 aliphatic rings. The lowest BCUT2D eigenvalue weighted by atomic mass is 10.3. The van der Waals surface area contributed by atoms with E-state index in [1.165, 1.54) is 19.5 Å². The fourth-order valence-corrected chi connectivity index (χ4v) is 1.67. The molecule has 0 bridgehead atoms. The molecule has 6 nitrogen and oxygen atoms in total. The van der Waals surface area contributed by atoms with Gasteiger partial charge in [0.2, 0.25) is 0 Å². The van der Waals surface area contributed by atoms with E-state index in [2.05, 4.69) is 20.0 Å². The number of rotatable bonds is 5. The van der Waals surface area contributed by atoms with E-state index in [1.54, 1.807) is 0 Å². The second kappa shape index (κ2) is 6.69. The first kappa shape index (κ1) is 14.8. The molecule has 0 aliphatic heterocycles. The van der Waals surface area contributed by atoms with E-state index in [0.29, 0.717) is 5.82 Å². The number of hydrogen-bond acceptors (Lipinski definition) is 6. The number of esters is 1. The monoisotopic (exact) mass is 287 g/mol. The minimum atomic E-state index is -0.521. The molecule has 0 radical (unpaired) electrons. The summed E-state index contributed by atoms with van der Waals surface area (Å²) in [6.45, 7) is 3.94. The van der Waals surface area contributed by atoms with Crippen molar-refractivity contribution in [3.8, 4) is 5.75 Å². The van der Waals surface area contributed by atoms with Crippen LogP contribution in [0.15, 0.2) is 36.7 Å². The molecular weight excluding hydrogens is 270 g/mol. The van der Waals surface area contributed by atoms with Gasteiger partial charge in [-0.15, -0.1) is 0 Å². The van der Waals surface area contributed by atoms with Gasteiger partial charge in [0.25, 0.3) is 0 Å².